The summed E-state index contributed by atoms with van der Waals surface area (Å²) >= 11 is 0. The Morgan fingerprint density at radius 2 is 1.82 bits per heavy atom. The standard InChI is InChI=1S/C29H36F3N5O2/c1-16(38)15-37(4)28(39)20-7-5-19(6-8-20)21-9-10-26-25(13-21)27(36-18(3)35-26)34-17(2)22-11-23(29(30,31)32)14-24(33)12-22/h9-14,16-17,19-20,38H,5-8,15,33H2,1-4H3,(H,34,35,36)/t16-,17+,19?,20?/m0/s1. The molecule has 3 aromatic rings. The van der Waals surface area contributed by atoms with Crippen molar-refractivity contribution in [3.63, 3.8) is 0 Å². The molecule has 2 atom stereocenters. The number of halogens is 3. The molecule has 39 heavy (non-hydrogen) atoms. The second kappa shape index (κ2) is 11.4. The van der Waals surface area contributed by atoms with Gasteiger partial charge in [0.1, 0.15) is 11.6 Å². The molecule has 1 saturated carbocycles. The number of anilines is 2. The van der Waals surface area contributed by atoms with Gasteiger partial charge in [0.25, 0.3) is 0 Å². The normalized spacial score (nSPS) is 19.5. The first kappa shape index (κ1) is 28.6. The number of nitrogens with two attached hydrogens (primary N) is 1. The molecule has 1 aliphatic rings. The number of carbonyl (C=O) groups excluding carboxylic acids is 1. The van der Waals surface area contributed by atoms with Gasteiger partial charge < -0.3 is 21.1 Å². The van der Waals surface area contributed by atoms with Crippen LogP contribution in [0.15, 0.2) is 36.4 Å². The van der Waals surface area contributed by atoms with Crippen molar-refractivity contribution in [1.29, 1.82) is 0 Å². The summed E-state index contributed by atoms with van der Waals surface area (Å²) in [5.41, 5.74) is 7.32. The fraction of sp³-hybridized carbons (Fsp3) is 0.483. The first-order valence-electron chi connectivity index (χ1n) is 13.3. The number of nitrogen functional groups attached to an aromatic ring is 1. The molecule has 0 spiro atoms. The summed E-state index contributed by atoms with van der Waals surface area (Å²) in [4.78, 5) is 23.5. The van der Waals surface area contributed by atoms with Gasteiger partial charge in [0, 0.05) is 30.6 Å². The molecule has 0 radical (unpaired) electrons. The average molecular weight is 544 g/mol. The van der Waals surface area contributed by atoms with Crippen LogP contribution in [0.25, 0.3) is 10.9 Å². The number of alkyl halides is 3. The molecule has 210 valence electrons. The molecule has 0 aliphatic heterocycles. The fourth-order valence-corrected chi connectivity index (χ4v) is 5.48. The van der Waals surface area contributed by atoms with Gasteiger partial charge in [-0.1, -0.05) is 6.07 Å². The monoisotopic (exact) mass is 543 g/mol. The maximum atomic E-state index is 13.4. The summed E-state index contributed by atoms with van der Waals surface area (Å²) in [6, 6.07) is 9.14. The number of rotatable bonds is 7. The van der Waals surface area contributed by atoms with E-state index in [-0.39, 0.29) is 23.4 Å². The summed E-state index contributed by atoms with van der Waals surface area (Å²) in [5, 5.41) is 13.7. The van der Waals surface area contributed by atoms with Gasteiger partial charge in [-0.3, -0.25) is 4.79 Å². The third-order valence-corrected chi connectivity index (χ3v) is 7.45. The molecule has 1 aliphatic carbocycles. The SMILES string of the molecule is Cc1nc(N[C@H](C)c2cc(N)cc(C(F)(F)F)c2)c2cc(C3CCC(C(=O)N(C)C[C@H](C)O)CC3)ccc2n1. The number of aromatic nitrogens is 2. The van der Waals surface area contributed by atoms with Gasteiger partial charge in [-0.25, -0.2) is 9.97 Å². The lowest BCUT2D eigenvalue weighted by Crippen LogP contribution is -2.38. The number of hydrogen-bond acceptors (Lipinski definition) is 6. The number of amides is 1. The van der Waals surface area contributed by atoms with E-state index in [1.165, 1.54) is 6.07 Å². The highest BCUT2D eigenvalue weighted by Crippen LogP contribution is 2.39. The second-order valence-electron chi connectivity index (χ2n) is 10.8. The molecule has 10 heteroatoms. The van der Waals surface area contributed by atoms with Crippen molar-refractivity contribution in [1.82, 2.24) is 14.9 Å². The second-order valence-corrected chi connectivity index (χ2v) is 10.8. The van der Waals surface area contributed by atoms with Crippen LogP contribution in [-0.2, 0) is 11.0 Å². The van der Waals surface area contributed by atoms with E-state index in [0.717, 1.165) is 54.3 Å². The number of carbonyl (C=O) groups is 1. The van der Waals surface area contributed by atoms with Crippen molar-refractivity contribution in [2.45, 2.75) is 70.7 Å². The maximum absolute atomic E-state index is 13.4. The van der Waals surface area contributed by atoms with E-state index in [0.29, 0.717) is 23.8 Å². The number of nitrogens with zero attached hydrogens (tertiary/aromatic N) is 3. The van der Waals surface area contributed by atoms with Crippen molar-refractivity contribution in [2.24, 2.45) is 5.92 Å². The topological polar surface area (TPSA) is 104 Å². The summed E-state index contributed by atoms with van der Waals surface area (Å²) in [5.74, 6) is 1.40. The van der Waals surface area contributed by atoms with Crippen molar-refractivity contribution in [3.05, 3.63) is 58.9 Å². The number of likely N-dealkylation sites (N-methyl/N-ethyl adjacent to an activating group) is 1. The summed E-state index contributed by atoms with van der Waals surface area (Å²) < 4.78 is 40.1. The summed E-state index contributed by atoms with van der Waals surface area (Å²) in [7, 11) is 1.73. The Labute approximate surface area is 226 Å². The van der Waals surface area contributed by atoms with Gasteiger partial charge in [-0.15, -0.1) is 0 Å². The van der Waals surface area contributed by atoms with E-state index in [9.17, 15) is 23.1 Å². The molecule has 2 aromatic carbocycles. The molecule has 4 N–H and O–H groups in total. The Bertz CT molecular complexity index is 1340. The molecule has 0 bridgehead atoms. The van der Waals surface area contributed by atoms with Gasteiger partial charge in [-0.05, 0) is 93.8 Å². The quantitative estimate of drug-likeness (QED) is 0.324. The van der Waals surface area contributed by atoms with Crippen molar-refractivity contribution >= 4 is 28.3 Å². The smallest absolute Gasteiger partial charge is 0.399 e. The van der Waals surface area contributed by atoms with Crippen molar-refractivity contribution in [2.75, 3.05) is 24.6 Å². The lowest BCUT2D eigenvalue weighted by atomic mass is 9.78. The van der Waals surface area contributed by atoms with Gasteiger partial charge in [0.15, 0.2) is 0 Å². The van der Waals surface area contributed by atoms with Crippen molar-refractivity contribution in [3.8, 4) is 0 Å². The Hall–Kier alpha value is -3.40. The minimum absolute atomic E-state index is 0.0468. The molecular weight excluding hydrogens is 507 g/mol. The Morgan fingerprint density at radius 1 is 1.13 bits per heavy atom. The number of aliphatic hydroxyl groups excluding tert-OH is 1. The molecule has 1 heterocycles. The third-order valence-electron chi connectivity index (χ3n) is 7.45. The number of hydrogen-bond donors (Lipinski definition) is 3. The molecular formula is C29H36F3N5O2. The fourth-order valence-electron chi connectivity index (χ4n) is 5.48. The van der Waals surface area contributed by atoms with Gasteiger partial charge in [0.2, 0.25) is 5.91 Å². The molecule has 0 saturated heterocycles. The summed E-state index contributed by atoms with van der Waals surface area (Å²) in [6.45, 7) is 5.54. The van der Waals surface area contributed by atoms with Gasteiger partial charge in [-0.2, -0.15) is 13.2 Å². The lowest BCUT2D eigenvalue weighted by molar-refractivity contribution is -0.138. The number of aliphatic hydroxyl groups is 1. The Balaban J connectivity index is 1.55. The average Bonchev–Trinajstić information content (AvgIpc) is 2.86. The third kappa shape index (κ3) is 6.79. The first-order chi connectivity index (χ1) is 18.3. The van der Waals surface area contributed by atoms with E-state index < -0.39 is 23.9 Å². The maximum Gasteiger partial charge on any atom is 0.416 e. The molecule has 4 rings (SSSR count). The zero-order valence-corrected chi connectivity index (χ0v) is 22.7. The van der Waals surface area contributed by atoms with Crippen LogP contribution in [0.1, 0.15) is 74.0 Å². The van der Waals surface area contributed by atoms with Gasteiger partial charge >= 0.3 is 6.18 Å². The van der Waals surface area contributed by atoms with Crippen LogP contribution in [0.4, 0.5) is 24.7 Å². The van der Waals surface area contributed by atoms with Crippen LogP contribution in [0.2, 0.25) is 0 Å². The predicted molar refractivity (Wildman–Crippen MR) is 146 cm³/mol. The molecule has 1 amide bonds. The highest BCUT2D eigenvalue weighted by Gasteiger charge is 2.32. The summed E-state index contributed by atoms with van der Waals surface area (Å²) in [6.07, 6.45) is -1.78. The van der Waals surface area contributed by atoms with Crippen molar-refractivity contribution < 1.29 is 23.1 Å². The van der Waals surface area contributed by atoms with Crippen LogP contribution < -0.4 is 11.1 Å². The number of nitrogens with one attached hydrogen (secondary N) is 1. The van der Waals surface area contributed by atoms with E-state index in [4.69, 9.17) is 5.73 Å². The molecule has 7 nitrogen and oxygen atoms in total. The Kier molecular flexibility index (Phi) is 8.34. The van der Waals surface area contributed by atoms with E-state index >= 15 is 0 Å². The van der Waals surface area contributed by atoms with Crippen LogP contribution in [0, 0.1) is 12.8 Å². The zero-order chi connectivity index (χ0) is 28.5. The van der Waals surface area contributed by atoms with E-state index in [2.05, 4.69) is 27.4 Å². The van der Waals surface area contributed by atoms with E-state index in [1.54, 1.807) is 32.7 Å². The highest BCUT2D eigenvalue weighted by atomic mass is 19.4. The molecule has 1 aromatic heterocycles. The highest BCUT2D eigenvalue weighted by molar-refractivity contribution is 5.90. The van der Waals surface area contributed by atoms with Gasteiger partial charge in [0.05, 0.1) is 23.2 Å². The van der Waals surface area contributed by atoms with Crippen LogP contribution >= 0.6 is 0 Å². The van der Waals surface area contributed by atoms with Crippen LogP contribution in [0.5, 0.6) is 0 Å². The van der Waals surface area contributed by atoms with Crippen LogP contribution in [0.3, 0.4) is 0 Å². The minimum atomic E-state index is -4.49. The number of benzene rings is 2. The largest absolute Gasteiger partial charge is 0.416 e. The number of aryl methyl sites for hydroxylation is 1. The zero-order valence-electron chi connectivity index (χ0n) is 22.7. The Morgan fingerprint density at radius 3 is 2.46 bits per heavy atom. The first-order valence-corrected chi connectivity index (χ1v) is 13.3. The minimum Gasteiger partial charge on any atom is -0.399 e. The van der Waals surface area contributed by atoms with Crippen LogP contribution in [-0.4, -0.2) is 45.6 Å². The lowest BCUT2D eigenvalue weighted by Gasteiger charge is -2.31. The number of fused-ring (bicyclic) bond motifs is 1. The molecule has 0 unspecified atom stereocenters. The van der Waals surface area contributed by atoms with E-state index in [1.807, 2.05) is 6.07 Å². The predicted octanol–water partition coefficient (Wildman–Crippen LogP) is 5.83. The molecule has 1 fully saturated rings.